The van der Waals surface area contributed by atoms with E-state index in [4.69, 9.17) is 46.1 Å². The third kappa shape index (κ3) is 26.0. The molecule has 3 amide bonds. The molecule has 2 unspecified atom stereocenters. The Balaban J connectivity index is 0.000000208. The van der Waals surface area contributed by atoms with Crippen molar-refractivity contribution in [1.29, 1.82) is 5.26 Å². The number of amides is 3. The second-order valence-electron chi connectivity index (χ2n) is 24.4. The maximum Gasteiger partial charge on any atom is 0.410 e. The Bertz CT molecular complexity index is 3230. The Morgan fingerprint density at radius 1 is 0.622 bits per heavy atom. The predicted octanol–water partition coefficient (Wildman–Crippen LogP) is 7.51. The van der Waals surface area contributed by atoms with Gasteiger partial charge in [-0.2, -0.15) is 5.26 Å². The van der Waals surface area contributed by atoms with Crippen LogP contribution in [-0.4, -0.2) is 196 Å². The molecule has 0 aromatic heterocycles. The van der Waals surface area contributed by atoms with Crippen molar-refractivity contribution in [3.63, 3.8) is 0 Å². The second-order valence-corrected chi connectivity index (χ2v) is 28.1. The number of nitrogens with one attached hydrogen (secondary N) is 3. The summed E-state index contributed by atoms with van der Waals surface area (Å²) in [4.78, 5) is 43.9. The molecule has 90 heavy (non-hydrogen) atoms. The Morgan fingerprint density at radius 3 is 1.43 bits per heavy atom. The molecule has 0 aliphatic carbocycles. The van der Waals surface area contributed by atoms with E-state index < -0.39 is 85.5 Å². The van der Waals surface area contributed by atoms with Gasteiger partial charge in [-0.15, -0.1) is 11.6 Å². The maximum absolute atomic E-state index is 12.5. The first-order chi connectivity index (χ1) is 42.4. The number of nitriles is 1. The monoisotopic (exact) mass is 1310 g/mol. The molecule has 28 heteroatoms. The van der Waals surface area contributed by atoms with Gasteiger partial charge in [0.1, 0.15) is 29.0 Å². The highest BCUT2D eigenvalue weighted by molar-refractivity contribution is 7.89. The number of fused-ring (bicyclic) bond motifs is 1. The summed E-state index contributed by atoms with van der Waals surface area (Å²) in [5.41, 5.74) is 8.83. The van der Waals surface area contributed by atoms with Crippen molar-refractivity contribution in [3.8, 4) is 6.19 Å². The predicted molar refractivity (Wildman–Crippen MR) is 338 cm³/mol. The third-order valence-corrected chi connectivity index (χ3v) is 16.6. The lowest BCUT2D eigenvalue weighted by molar-refractivity contribution is 0.0227. The van der Waals surface area contributed by atoms with E-state index in [9.17, 15) is 41.4 Å². The van der Waals surface area contributed by atoms with Crippen molar-refractivity contribution in [2.24, 2.45) is 5.11 Å². The number of rotatable bonds is 11. The number of aliphatic hydroxyl groups excluding tert-OH is 2. The molecule has 492 valence electrons. The normalized spacial score (nSPS) is 22.3. The minimum Gasteiger partial charge on any atom is -0.444 e. The van der Waals surface area contributed by atoms with Gasteiger partial charge in [-0.25, -0.2) is 40.7 Å². The Morgan fingerprint density at radius 2 is 1.03 bits per heavy atom. The molecule has 25 nitrogen and oxygen atoms in total. The lowest BCUT2D eigenvalue weighted by Crippen LogP contribution is -2.43. The summed E-state index contributed by atoms with van der Waals surface area (Å²) in [6.45, 7) is 21.1. The van der Waals surface area contributed by atoms with E-state index in [0.29, 0.717) is 38.7 Å². The molecule has 0 saturated carbocycles. The summed E-state index contributed by atoms with van der Waals surface area (Å²) < 4.78 is 81.5. The van der Waals surface area contributed by atoms with Crippen LogP contribution in [0.15, 0.2) is 148 Å². The highest BCUT2D eigenvalue weighted by Crippen LogP contribution is 2.31. The van der Waals surface area contributed by atoms with Crippen LogP contribution in [0.25, 0.3) is 10.4 Å². The first-order valence-electron chi connectivity index (χ1n) is 29.3. The fourth-order valence-corrected chi connectivity index (χ4v) is 11.7. The van der Waals surface area contributed by atoms with E-state index in [2.05, 4.69) is 43.1 Å². The fourth-order valence-electron chi connectivity index (χ4n) is 8.92. The molecule has 5 fully saturated rings. The van der Waals surface area contributed by atoms with Gasteiger partial charge in [-0.1, -0.05) is 114 Å². The Kier molecular flexibility index (Phi) is 28.2. The van der Waals surface area contributed by atoms with Crippen LogP contribution in [-0.2, 0) is 56.2 Å². The van der Waals surface area contributed by atoms with Gasteiger partial charge in [-0.05, 0) is 103 Å². The van der Waals surface area contributed by atoms with Gasteiger partial charge in [0.2, 0.25) is 20.0 Å². The molecule has 10 rings (SSSR count). The molecule has 4 aromatic rings. The van der Waals surface area contributed by atoms with Crippen LogP contribution in [0.5, 0.6) is 0 Å². The van der Waals surface area contributed by atoms with Gasteiger partial charge in [0.05, 0.1) is 85.6 Å². The zero-order valence-electron chi connectivity index (χ0n) is 52.4. The fraction of sp³-hybridized carbons (Fsp3) is 0.516. The number of halogens is 1. The van der Waals surface area contributed by atoms with E-state index in [1.165, 1.54) is 32.4 Å². The van der Waals surface area contributed by atoms with Gasteiger partial charge in [0, 0.05) is 43.5 Å². The standard InChI is InChI=1S/C18H19N3O3S.C15H22N2O5S.C9H16N4O3.C9H15NO3.C7H7Cl.C4H7N/c19-14-21-11-17(20-25(22,23)16-9-5-2-6-10-16)18(12-21)24-13-15-7-3-1-4-8-15;1-15(2,3)22-14(19)17-9-12(13(18)10-17)16-23(20,21)11-7-5-4-6-8-11;1-9(2,3)16-8(15)13-4-6(11-12-10)7(14)5-13;1-9(2,3)13-8(11)10-4-6-7(5-10)12-6;8-6-7-4-2-1-3-5-7;1-2-4-5-3-1/h1-10,17-18,20H,11-13H2;4-8,12-13,16,18H,9-10H2,1-3H3;6-7,14H,4-5H2,1-3H3;6-7H,4-5H2,1-3H3;1-5H,6H2;1-2,5H,3-4H2/t17-,18-;12-,13-;6-,7-;;;/m000.../s1. The topological polar surface area (TPSA) is 331 Å². The average Bonchev–Trinajstić information content (AvgIpc) is 2.16. The number of nitrogens with zero attached hydrogens (tertiary/aromatic N) is 8. The molecule has 6 aliphatic heterocycles. The molecule has 5 saturated heterocycles. The number of carbonyl (C=O) groups excluding carboxylic acids is 3. The largest absolute Gasteiger partial charge is 0.444 e. The minimum atomic E-state index is -3.75. The van der Waals surface area contributed by atoms with Crippen LogP contribution in [0.1, 0.15) is 73.4 Å². The van der Waals surface area contributed by atoms with Crippen LogP contribution in [0.3, 0.4) is 0 Å². The Hall–Kier alpha value is -7.06. The molecular weight excluding hydrogens is 1220 g/mol. The number of β-amino-alcohol motifs (C(OH)–C–C–N with tert-alkyl or cyclic N) is 2. The maximum atomic E-state index is 12.5. The first-order valence-corrected chi connectivity index (χ1v) is 32.8. The number of ether oxygens (including phenoxy) is 5. The van der Waals surface area contributed by atoms with Crippen molar-refractivity contribution in [2.45, 2.75) is 150 Å². The highest BCUT2D eigenvalue weighted by Gasteiger charge is 2.49. The van der Waals surface area contributed by atoms with Crippen LogP contribution < -0.4 is 14.8 Å². The number of hydrogen-bond donors (Lipinski definition) is 5. The number of likely N-dealkylation sites (tertiary alicyclic amines) is 4. The van der Waals surface area contributed by atoms with Crippen molar-refractivity contribution >= 4 is 49.9 Å². The summed E-state index contributed by atoms with van der Waals surface area (Å²) in [5, 5.41) is 35.2. The molecule has 0 spiro atoms. The SMILES string of the molecule is C1=CCNC1.CC(C)(C)OC(=O)N1CC2OC2C1.CC(C)(C)OC(=O)N1C[C@H](N=[N+]=[N-])[C@@H](O)C1.CC(C)(C)OC(=O)N1C[C@H](NS(=O)(=O)c2ccccc2)[C@@H](O)C1.ClCc1ccccc1.N#CN1C[C@H](NS(=O)(=O)c2ccccc2)[C@@H](OCc2ccccc2)C1. The van der Waals surface area contributed by atoms with Gasteiger partial charge >= 0.3 is 18.3 Å². The highest BCUT2D eigenvalue weighted by atomic mass is 35.5. The van der Waals surface area contributed by atoms with Crippen LogP contribution in [0, 0.1) is 11.5 Å². The summed E-state index contributed by atoms with van der Waals surface area (Å²) >= 11 is 5.53. The van der Waals surface area contributed by atoms with E-state index in [-0.39, 0.29) is 54.3 Å². The number of azide groups is 1. The quantitative estimate of drug-likeness (QED) is 0.0142. The van der Waals surface area contributed by atoms with Gasteiger partial charge in [-0.3, -0.25) is 0 Å². The summed E-state index contributed by atoms with van der Waals surface area (Å²) in [6, 6.07) is 33.9. The number of hydrogen-bond acceptors (Lipinski definition) is 18. The number of alkyl halides is 1. The molecule has 8 atom stereocenters. The smallest absolute Gasteiger partial charge is 0.410 e. The van der Waals surface area contributed by atoms with Crippen LogP contribution in [0.2, 0.25) is 0 Å². The summed E-state index contributed by atoms with van der Waals surface area (Å²) in [7, 11) is -7.41. The first kappa shape index (κ1) is 73.7. The van der Waals surface area contributed by atoms with Crippen molar-refractivity contribution in [1.82, 2.24) is 34.4 Å². The van der Waals surface area contributed by atoms with Crippen LogP contribution in [0.4, 0.5) is 14.4 Å². The number of aliphatic hydroxyl groups is 2. The minimum absolute atomic E-state index is 0.0247. The second kappa shape index (κ2) is 34.4. The van der Waals surface area contributed by atoms with Crippen molar-refractivity contribution in [3.05, 3.63) is 155 Å². The van der Waals surface area contributed by atoms with Crippen LogP contribution >= 0.6 is 11.6 Å². The summed E-state index contributed by atoms with van der Waals surface area (Å²) in [6.07, 6.45) is 3.41. The van der Waals surface area contributed by atoms with Gasteiger partial charge in [0.15, 0.2) is 6.19 Å². The molecule has 5 N–H and O–H groups in total. The molecular formula is C62H86ClN11O14S2. The van der Waals surface area contributed by atoms with Crippen molar-refractivity contribution in [2.75, 3.05) is 65.4 Å². The zero-order chi connectivity index (χ0) is 66.3. The van der Waals surface area contributed by atoms with E-state index >= 15 is 0 Å². The summed E-state index contributed by atoms with van der Waals surface area (Å²) in [5.74, 6) is 0.612. The van der Waals surface area contributed by atoms with E-state index in [1.54, 1.807) is 95.0 Å². The average molecular weight is 1310 g/mol. The molecule has 6 aliphatic rings. The number of carbonyl (C=O) groups is 3. The van der Waals surface area contributed by atoms with E-state index in [0.717, 1.165) is 18.7 Å². The number of epoxide rings is 1. The van der Waals surface area contributed by atoms with Gasteiger partial charge < -0.3 is 58.8 Å². The molecule has 6 heterocycles. The Labute approximate surface area is 533 Å². The molecule has 4 aromatic carbocycles. The lowest BCUT2D eigenvalue weighted by atomic mass is 10.2. The third-order valence-electron chi connectivity index (χ3n) is 13.3. The van der Waals surface area contributed by atoms with Gasteiger partial charge in [0.25, 0.3) is 0 Å². The number of benzene rings is 4. The number of sulfonamides is 2. The molecule has 0 bridgehead atoms. The lowest BCUT2D eigenvalue weighted by Gasteiger charge is -2.24. The van der Waals surface area contributed by atoms with E-state index in [1.807, 2.05) is 81.4 Å². The number of morpholine rings is 1. The van der Waals surface area contributed by atoms with Crippen molar-refractivity contribution < 1.29 is 65.1 Å². The molecule has 0 radical (unpaired) electrons. The zero-order valence-corrected chi connectivity index (χ0v) is 54.8.